The zero-order valence-corrected chi connectivity index (χ0v) is 13.0. The van der Waals surface area contributed by atoms with Crippen LogP contribution in [0.4, 0.5) is 18.9 Å². The van der Waals surface area contributed by atoms with E-state index < -0.39 is 18.5 Å². The summed E-state index contributed by atoms with van der Waals surface area (Å²) in [6, 6.07) is 6.38. The molecule has 1 aromatic carbocycles. The van der Waals surface area contributed by atoms with Crippen LogP contribution >= 0.6 is 11.3 Å². The average molecular weight is 343 g/mol. The molecule has 1 amide bonds. The standard InChI is InChI=1S/C15H16F3N3OS/c16-15(17,18)6-4-10-2-1-3-11(8-10)20-14(22)12-9-23-13(21-12)5-7-19/h1-3,8-9H,4-7,19H2,(H,20,22). The maximum atomic E-state index is 12.3. The molecule has 2 aromatic rings. The van der Waals surface area contributed by atoms with E-state index in [-0.39, 0.29) is 12.1 Å². The van der Waals surface area contributed by atoms with Crippen LogP contribution in [-0.4, -0.2) is 23.6 Å². The molecule has 124 valence electrons. The summed E-state index contributed by atoms with van der Waals surface area (Å²) in [7, 11) is 0. The van der Waals surface area contributed by atoms with Gasteiger partial charge in [0.05, 0.1) is 5.01 Å². The third kappa shape index (κ3) is 5.65. The first kappa shape index (κ1) is 17.4. The first-order chi connectivity index (χ1) is 10.9. The van der Waals surface area contributed by atoms with Gasteiger partial charge in [0.25, 0.3) is 5.91 Å². The lowest BCUT2D eigenvalue weighted by molar-refractivity contribution is -0.133. The van der Waals surface area contributed by atoms with Crippen LogP contribution in [0, 0.1) is 0 Å². The number of halogens is 3. The minimum absolute atomic E-state index is 0.120. The molecule has 0 spiro atoms. The Bertz CT molecular complexity index is 670. The molecule has 0 unspecified atom stereocenters. The molecule has 0 aliphatic heterocycles. The molecule has 0 saturated heterocycles. The van der Waals surface area contributed by atoms with E-state index in [1.165, 1.54) is 17.4 Å². The van der Waals surface area contributed by atoms with Crippen LogP contribution in [0.5, 0.6) is 0 Å². The molecule has 0 bridgehead atoms. The van der Waals surface area contributed by atoms with Crippen LogP contribution in [0.2, 0.25) is 0 Å². The molecule has 0 fully saturated rings. The lowest BCUT2D eigenvalue weighted by Crippen LogP contribution is -2.13. The van der Waals surface area contributed by atoms with Gasteiger partial charge in [-0.3, -0.25) is 4.79 Å². The summed E-state index contributed by atoms with van der Waals surface area (Å²) in [5.74, 6) is -0.391. The van der Waals surface area contributed by atoms with Gasteiger partial charge in [-0.25, -0.2) is 4.98 Å². The number of thiazole rings is 1. The summed E-state index contributed by atoms with van der Waals surface area (Å²) in [4.78, 5) is 16.2. The maximum Gasteiger partial charge on any atom is 0.389 e. The highest BCUT2D eigenvalue weighted by Gasteiger charge is 2.26. The van der Waals surface area contributed by atoms with Crippen molar-refractivity contribution in [3.63, 3.8) is 0 Å². The van der Waals surface area contributed by atoms with Gasteiger partial charge in [-0.05, 0) is 30.7 Å². The van der Waals surface area contributed by atoms with E-state index in [4.69, 9.17) is 5.73 Å². The molecule has 0 atom stereocenters. The van der Waals surface area contributed by atoms with E-state index in [1.807, 2.05) is 0 Å². The van der Waals surface area contributed by atoms with Crippen molar-refractivity contribution in [1.82, 2.24) is 4.98 Å². The Morgan fingerprint density at radius 3 is 2.78 bits per heavy atom. The second-order valence-corrected chi connectivity index (χ2v) is 5.88. The molecule has 2 rings (SSSR count). The first-order valence-electron chi connectivity index (χ1n) is 6.99. The zero-order chi connectivity index (χ0) is 16.9. The quantitative estimate of drug-likeness (QED) is 0.845. The number of nitrogens with two attached hydrogens (primary N) is 1. The van der Waals surface area contributed by atoms with Crippen molar-refractivity contribution in [2.24, 2.45) is 5.73 Å². The molecule has 8 heteroatoms. The molecule has 23 heavy (non-hydrogen) atoms. The molecule has 1 heterocycles. The Morgan fingerprint density at radius 1 is 1.30 bits per heavy atom. The summed E-state index contributed by atoms with van der Waals surface area (Å²) in [5, 5.41) is 5.05. The lowest BCUT2D eigenvalue weighted by atomic mass is 10.1. The van der Waals surface area contributed by atoms with Crippen molar-refractivity contribution < 1.29 is 18.0 Å². The van der Waals surface area contributed by atoms with Crippen molar-refractivity contribution in [1.29, 1.82) is 0 Å². The van der Waals surface area contributed by atoms with Gasteiger partial charge in [-0.1, -0.05) is 12.1 Å². The third-order valence-corrected chi connectivity index (χ3v) is 3.93. The van der Waals surface area contributed by atoms with Crippen LogP contribution < -0.4 is 11.1 Å². The second kappa shape index (κ2) is 7.56. The molecule has 3 N–H and O–H groups in total. The van der Waals surface area contributed by atoms with Crippen LogP contribution in [0.25, 0.3) is 0 Å². The maximum absolute atomic E-state index is 12.3. The van der Waals surface area contributed by atoms with E-state index in [2.05, 4.69) is 10.3 Å². The number of carbonyl (C=O) groups is 1. The molecule has 0 aliphatic rings. The summed E-state index contributed by atoms with van der Waals surface area (Å²) in [5.41, 5.74) is 6.67. The Hall–Kier alpha value is -1.93. The fraction of sp³-hybridized carbons (Fsp3) is 0.333. The highest BCUT2D eigenvalue weighted by Crippen LogP contribution is 2.23. The van der Waals surface area contributed by atoms with Crippen LogP contribution in [0.15, 0.2) is 29.6 Å². The largest absolute Gasteiger partial charge is 0.389 e. The Balaban J connectivity index is 2.00. The van der Waals surface area contributed by atoms with Gasteiger partial charge < -0.3 is 11.1 Å². The Kier molecular flexibility index (Phi) is 5.73. The predicted molar refractivity (Wildman–Crippen MR) is 83.6 cm³/mol. The minimum atomic E-state index is -4.20. The number of aryl methyl sites for hydroxylation is 1. The van der Waals surface area contributed by atoms with Gasteiger partial charge in [0, 0.05) is 23.9 Å². The van der Waals surface area contributed by atoms with Crippen LogP contribution in [-0.2, 0) is 12.8 Å². The van der Waals surface area contributed by atoms with E-state index in [0.29, 0.717) is 24.2 Å². The topological polar surface area (TPSA) is 68.0 Å². The van der Waals surface area contributed by atoms with E-state index in [9.17, 15) is 18.0 Å². The number of aromatic nitrogens is 1. The van der Waals surface area contributed by atoms with Crippen molar-refractivity contribution >= 4 is 22.9 Å². The predicted octanol–water partition coefficient (Wildman–Crippen LogP) is 3.39. The SMILES string of the molecule is NCCc1nc(C(=O)Nc2cccc(CCC(F)(F)F)c2)cs1. The summed E-state index contributed by atoms with van der Waals surface area (Å²) in [6.07, 6.45) is -4.60. The van der Waals surface area contributed by atoms with E-state index in [1.54, 1.807) is 23.6 Å². The van der Waals surface area contributed by atoms with Gasteiger partial charge in [0.1, 0.15) is 5.69 Å². The van der Waals surface area contributed by atoms with Gasteiger partial charge in [0.15, 0.2) is 0 Å². The highest BCUT2D eigenvalue weighted by atomic mass is 32.1. The van der Waals surface area contributed by atoms with Gasteiger partial charge >= 0.3 is 6.18 Å². The number of hydrogen-bond acceptors (Lipinski definition) is 4. The smallest absolute Gasteiger partial charge is 0.330 e. The number of anilines is 1. The Labute approximate surface area is 135 Å². The van der Waals surface area contributed by atoms with E-state index >= 15 is 0 Å². The number of alkyl halides is 3. The molecule has 0 saturated carbocycles. The molecule has 1 aromatic heterocycles. The van der Waals surface area contributed by atoms with E-state index in [0.717, 1.165) is 5.01 Å². The van der Waals surface area contributed by atoms with Crippen molar-refractivity contribution in [3.05, 3.63) is 45.9 Å². The zero-order valence-electron chi connectivity index (χ0n) is 12.2. The van der Waals surface area contributed by atoms with Crippen molar-refractivity contribution in [2.75, 3.05) is 11.9 Å². The number of carbonyl (C=O) groups excluding carboxylic acids is 1. The summed E-state index contributed by atoms with van der Waals surface area (Å²) in [6.45, 7) is 0.454. The molecule has 0 aliphatic carbocycles. The number of amides is 1. The normalized spacial score (nSPS) is 11.5. The van der Waals surface area contributed by atoms with Crippen molar-refractivity contribution in [3.8, 4) is 0 Å². The lowest BCUT2D eigenvalue weighted by Gasteiger charge is -2.08. The third-order valence-electron chi connectivity index (χ3n) is 3.02. The molecule has 4 nitrogen and oxygen atoms in total. The number of nitrogens with zero attached hydrogens (tertiary/aromatic N) is 1. The molecular formula is C15H16F3N3OS. The highest BCUT2D eigenvalue weighted by molar-refractivity contribution is 7.09. The van der Waals surface area contributed by atoms with Gasteiger partial charge in [0.2, 0.25) is 0 Å². The monoisotopic (exact) mass is 343 g/mol. The molecule has 0 radical (unpaired) electrons. The number of rotatable bonds is 6. The fourth-order valence-corrected chi connectivity index (χ4v) is 2.73. The second-order valence-electron chi connectivity index (χ2n) is 4.93. The van der Waals surface area contributed by atoms with Gasteiger partial charge in [-0.2, -0.15) is 13.2 Å². The minimum Gasteiger partial charge on any atom is -0.330 e. The fourth-order valence-electron chi connectivity index (χ4n) is 1.94. The number of nitrogens with one attached hydrogen (secondary N) is 1. The number of benzene rings is 1. The first-order valence-corrected chi connectivity index (χ1v) is 7.87. The van der Waals surface area contributed by atoms with Gasteiger partial charge in [-0.15, -0.1) is 11.3 Å². The van der Waals surface area contributed by atoms with Crippen LogP contribution in [0.3, 0.4) is 0 Å². The average Bonchev–Trinajstić information content (AvgIpc) is 2.94. The van der Waals surface area contributed by atoms with Crippen LogP contribution in [0.1, 0.15) is 27.5 Å². The van der Waals surface area contributed by atoms with Crippen molar-refractivity contribution in [2.45, 2.75) is 25.4 Å². The summed E-state index contributed by atoms with van der Waals surface area (Å²) < 4.78 is 36.8. The number of hydrogen-bond donors (Lipinski definition) is 2. The Morgan fingerprint density at radius 2 is 2.09 bits per heavy atom. The molecular weight excluding hydrogens is 327 g/mol. The summed E-state index contributed by atoms with van der Waals surface area (Å²) >= 11 is 1.35.